The summed E-state index contributed by atoms with van der Waals surface area (Å²) in [5, 5.41) is 5.24. The Bertz CT molecular complexity index is 941. The third-order valence-electron chi connectivity index (χ3n) is 3.46. The predicted molar refractivity (Wildman–Crippen MR) is 91.1 cm³/mol. The van der Waals surface area contributed by atoms with Crippen molar-refractivity contribution in [3.63, 3.8) is 0 Å². The molecule has 0 saturated heterocycles. The highest BCUT2D eigenvalue weighted by molar-refractivity contribution is 6.03. The minimum Gasteiger partial charge on any atom is -0.324 e. The lowest BCUT2D eigenvalue weighted by atomic mass is 10.2. The number of nitrogens with zero attached hydrogens (tertiary/aromatic N) is 2. The average molecular weight is 376 g/mol. The second kappa shape index (κ2) is 7.40. The summed E-state index contributed by atoms with van der Waals surface area (Å²) in [6.07, 6.45) is -1.92. The van der Waals surface area contributed by atoms with Crippen molar-refractivity contribution in [1.82, 2.24) is 9.97 Å². The number of nitrogens with one attached hydrogen (secondary N) is 2. The van der Waals surface area contributed by atoms with E-state index in [9.17, 15) is 22.4 Å². The zero-order valence-electron chi connectivity index (χ0n) is 13.6. The van der Waals surface area contributed by atoms with E-state index in [4.69, 9.17) is 0 Å². The highest BCUT2D eigenvalue weighted by Gasteiger charge is 2.29. The minimum atomic E-state index is -4.41. The molecule has 0 saturated carbocycles. The van der Waals surface area contributed by atoms with Crippen molar-refractivity contribution >= 4 is 23.2 Å². The molecule has 0 fully saturated rings. The molecule has 0 aliphatic heterocycles. The van der Waals surface area contributed by atoms with E-state index < -0.39 is 23.5 Å². The van der Waals surface area contributed by atoms with Crippen molar-refractivity contribution in [3.05, 3.63) is 77.9 Å². The molecular weight excluding hydrogens is 364 g/mol. The quantitative estimate of drug-likeness (QED) is 0.652. The van der Waals surface area contributed by atoms with Crippen LogP contribution in [0.3, 0.4) is 0 Å². The Kier molecular flexibility index (Phi) is 5.02. The summed E-state index contributed by atoms with van der Waals surface area (Å²) < 4.78 is 50.7. The van der Waals surface area contributed by atoms with Gasteiger partial charge in [0.25, 0.3) is 5.91 Å². The number of benzene rings is 2. The van der Waals surface area contributed by atoms with E-state index in [1.54, 1.807) is 0 Å². The van der Waals surface area contributed by atoms with E-state index >= 15 is 0 Å². The maximum Gasteiger partial charge on any atom is 0.416 e. The minimum absolute atomic E-state index is 0.108. The van der Waals surface area contributed by atoms with Gasteiger partial charge >= 0.3 is 6.18 Å². The maximum atomic E-state index is 13.1. The smallest absolute Gasteiger partial charge is 0.324 e. The van der Waals surface area contributed by atoms with E-state index in [0.29, 0.717) is 5.69 Å². The fourth-order valence-electron chi connectivity index (χ4n) is 2.15. The van der Waals surface area contributed by atoms with Gasteiger partial charge in [0.05, 0.1) is 11.1 Å². The summed E-state index contributed by atoms with van der Waals surface area (Å²) in [4.78, 5) is 20.0. The van der Waals surface area contributed by atoms with Gasteiger partial charge in [-0.1, -0.05) is 6.07 Å². The summed E-state index contributed by atoms with van der Waals surface area (Å²) in [5.41, 5.74) is 0.0162. The van der Waals surface area contributed by atoms with Crippen molar-refractivity contribution in [2.45, 2.75) is 6.18 Å². The highest BCUT2D eigenvalue weighted by Crippen LogP contribution is 2.30. The van der Waals surface area contributed by atoms with Gasteiger partial charge in [-0.3, -0.25) is 4.79 Å². The molecule has 1 aromatic heterocycles. The van der Waals surface area contributed by atoms with Crippen molar-refractivity contribution < 1.29 is 22.4 Å². The van der Waals surface area contributed by atoms with Crippen LogP contribution in [0, 0.1) is 5.82 Å². The molecule has 2 aromatic carbocycles. The standard InChI is InChI=1S/C18H12F4N4O/c19-13-2-1-3-15(8-13)25-16(27)11-9-23-17(24-10-11)26-14-6-4-12(5-7-14)18(20,21)22/h1-10H,(H,25,27)(H,23,24,26). The Hall–Kier alpha value is -3.49. The Labute approximate surface area is 151 Å². The normalized spacial score (nSPS) is 11.1. The zero-order chi connectivity index (χ0) is 19.4. The molecule has 0 radical (unpaired) electrons. The average Bonchev–Trinajstić information content (AvgIpc) is 2.62. The second-order valence-corrected chi connectivity index (χ2v) is 5.46. The summed E-state index contributed by atoms with van der Waals surface area (Å²) >= 11 is 0. The van der Waals surface area contributed by atoms with E-state index in [2.05, 4.69) is 20.6 Å². The maximum absolute atomic E-state index is 13.1. The van der Waals surface area contributed by atoms with Gasteiger partial charge in [-0.05, 0) is 42.5 Å². The van der Waals surface area contributed by atoms with Crippen molar-refractivity contribution in [2.75, 3.05) is 10.6 Å². The summed E-state index contributed by atoms with van der Waals surface area (Å²) in [6, 6.07) is 9.76. The van der Waals surface area contributed by atoms with E-state index in [1.165, 1.54) is 48.8 Å². The van der Waals surface area contributed by atoms with Gasteiger partial charge in [0.1, 0.15) is 5.82 Å². The molecule has 0 bridgehead atoms. The van der Waals surface area contributed by atoms with Gasteiger partial charge < -0.3 is 10.6 Å². The van der Waals surface area contributed by atoms with Crippen LogP contribution in [0.15, 0.2) is 60.9 Å². The first-order valence-corrected chi connectivity index (χ1v) is 7.64. The number of rotatable bonds is 4. The molecule has 1 amide bonds. The lowest BCUT2D eigenvalue weighted by Gasteiger charge is -2.09. The second-order valence-electron chi connectivity index (χ2n) is 5.46. The van der Waals surface area contributed by atoms with Crippen LogP contribution < -0.4 is 10.6 Å². The largest absolute Gasteiger partial charge is 0.416 e. The van der Waals surface area contributed by atoms with Crippen LogP contribution in [0.4, 0.5) is 34.9 Å². The highest BCUT2D eigenvalue weighted by atomic mass is 19.4. The fraction of sp³-hybridized carbons (Fsp3) is 0.0556. The van der Waals surface area contributed by atoms with Crippen LogP contribution in [-0.4, -0.2) is 15.9 Å². The zero-order valence-corrected chi connectivity index (χ0v) is 13.6. The molecule has 0 spiro atoms. The van der Waals surface area contributed by atoms with Crippen molar-refractivity contribution in [2.24, 2.45) is 0 Å². The van der Waals surface area contributed by atoms with Gasteiger partial charge in [-0.15, -0.1) is 0 Å². The predicted octanol–water partition coefficient (Wildman–Crippen LogP) is 4.63. The van der Waals surface area contributed by atoms with E-state index in [1.807, 2.05) is 0 Å². The third-order valence-corrected chi connectivity index (χ3v) is 3.46. The van der Waals surface area contributed by atoms with Crippen LogP contribution in [0.5, 0.6) is 0 Å². The topological polar surface area (TPSA) is 66.9 Å². The van der Waals surface area contributed by atoms with Crippen LogP contribution >= 0.6 is 0 Å². The Morgan fingerprint density at radius 2 is 1.59 bits per heavy atom. The summed E-state index contributed by atoms with van der Waals surface area (Å²) in [5.74, 6) is -0.904. The van der Waals surface area contributed by atoms with E-state index in [-0.39, 0.29) is 17.2 Å². The van der Waals surface area contributed by atoms with Crippen LogP contribution in [0.25, 0.3) is 0 Å². The van der Waals surface area contributed by atoms with Crippen LogP contribution in [-0.2, 0) is 6.18 Å². The first-order valence-electron chi connectivity index (χ1n) is 7.64. The van der Waals surface area contributed by atoms with Gasteiger partial charge in [0.15, 0.2) is 0 Å². The molecule has 5 nitrogen and oxygen atoms in total. The van der Waals surface area contributed by atoms with Gasteiger partial charge in [-0.25, -0.2) is 14.4 Å². The number of alkyl halides is 3. The summed E-state index contributed by atoms with van der Waals surface area (Å²) in [7, 11) is 0. The third kappa shape index (κ3) is 4.78. The molecule has 3 aromatic rings. The Morgan fingerprint density at radius 1 is 0.926 bits per heavy atom. The first kappa shape index (κ1) is 18.3. The van der Waals surface area contributed by atoms with Gasteiger partial charge in [0, 0.05) is 23.8 Å². The number of halogens is 4. The molecule has 0 atom stereocenters. The monoisotopic (exact) mass is 376 g/mol. The van der Waals surface area contributed by atoms with Crippen LogP contribution in [0.2, 0.25) is 0 Å². The number of amides is 1. The van der Waals surface area contributed by atoms with Crippen molar-refractivity contribution in [1.29, 1.82) is 0 Å². The molecule has 3 rings (SSSR count). The molecule has 0 unspecified atom stereocenters. The van der Waals surface area contributed by atoms with E-state index in [0.717, 1.165) is 12.1 Å². The summed E-state index contributed by atoms with van der Waals surface area (Å²) in [6.45, 7) is 0. The number of anilines is 3. The number of aromatic nitrogens is 2. The van der Waals surface area contributed by atoms with Gasteiger partial charge in [-0.2, -0.15) is 13.2 Å². The molecular formula is C18H12F4N4O. The lowest BCUT2D eigenvalue weighted by Crippen LogP contribution is -2.13. The number of hydrogen-bond acceptors (Lipinski definition) is 4. The molecule has 1 heterocycles. The first-order chi connectivity index (χ1) is 12.8. The molecule has 138 valence electrons. The number of carbonyl (C=O) groups excluding carboxylic acids is 1. The molecule has 0 aliphatic rings. The number of hydrogen-bond donors (Lipinski definition) is 2. The Morgan fingerprint density at radius 3 is 2.19 bits per heavy atom. The number of carbonyl (C=O) groups is 1. The SMILES string of the molecule is O=C(Nc1cccc(F)c1)c1cnc(Nc2ccc(C(F)(F)F)cc2)nc1. The molecule has 27 heavy (non-hydrogen) atoms. The van der Waals surface area contributed by atoms with Crippen molar-refractivity contribution in [3.8, 4) is 0 Å². The lowest BCUT2D eigenvalue weighted by molar-refractivity contribution is -0.137. The molecule has 0 aliphatic carbocycles. The Balaban J connectivity index is 1.65. The van der Waals surface area contributed by atoms with Crippen LogP contribution in [0.1, 0.15) is 15.9 Å². The van der Waals surface area contributed by atoms with Gasteiger partial charge in [0.2, 0.25) is 5.95 Å². The molecule has 9 heteroatoms. The molecule has 2 N–H and O–H groups in total. The fourth-order valence-corrected chi connectivity index (χ4v) is 2.15.